The summed E-state index contributed by atoms with van der Waals surface area (Å²) in [5.41, 5.74) is 2.21. The quantitative estimate of drug-likeness (QED) is 0.594. The molecule has 0 saturated heterocycles. The van der Waals surface area contributed by atoms with Gasteiger partial charge < -0.3 is 9.88 Å². The highest BCUT2D eigenvalue weighted by molar-refractivity contribution is 6.04. The Labute approximate surface area is 148 Å². The number of aromatic amines is 1. The molecule has 0 atom stereocenters. The van der Waals surface area contributed by atoms with Gasteiger partial charge in [0.05, 0.1) is 11.2 Å². The number of rotatable bonds is 4. The van der Waals surface area contributed by atoms with Gasteiger partial charge in [-0.25, -0.2) is 9.37 Å². The third kappa shape index (κ3) is 2.83. The lowest BCUT2D eigenvalue weighted by atomic mass is 10.1. The highest BCUT2D eigenvalue weighted by atomic mass is 19.1. The molecule has 6 nitrogen and oxygen atoms in total. The van der Waals surface area contributed by atoms with Gasteiger partial charge in [-0.15, -0.1) is 0 Å². The summed E-state index contributed by atoms with van der Waals surface area (Å²) < 4.78 is 16.1. The van der Waals surface area contributed by atoms with E-state index in [1.54, 1.807) is 29.1 Å². The summed E-state index contributed by atoms with van der Waals surface area (Å²) in [6.07, 6.45) is 3.33. The maximum atomic E-state index is 14.4. The van der Waals surface area contributed by atoms with Crippen LogP contribution in [0, 0.1) is 12.7 Å². The Morgan fingerprint density at radius 2 is 2.12 bits per heavy atom. The van der Waals surface area contributed by atoms with E-state index in [1.807, 2.05) is 31.2 Å². The van der Waals surface area contributed by atoms with Crippen LogP contribution in [0.15, 0.2) is 54.9 Å². The third-order valence-electron chi connectivity index (χ3n) is 4.24. The Kier molecular flexibility index (Phi) is 3.96. The standard InChI is InChI=1S/C19H16FN5O/c1-12-21-8-9-25(12)17-7-6-13(10-15(17)20)11-22-19(26)18-14-4-2-3-5-16(14)23-24-18/h2-10H,11H2,1H3,(H,22,26)(H,23,24). The van der Waals surface area contributed by atoms with Gasteiger partial charge in [-0.05, 0) is 30.7 Å². The van der Waals surface area contributed by atoms with Gasteiger partial charge in [-0.1, -0.05) is 24.3 Å². The van der Waals surface area contributed by atoms with Crippen molar-refractivity contribution in [1.82, 2.24) is 25.1 Å². The molecule has 26 heavy (non-hydrogen) atoms. The summed E-state index contributed by atoms with van der Waals surface area (Å²) in [6, 6.07) is 12.3. The molecule has 7 heteroatoms. The van der Waals surface area contributed by atoms with E-state index in [-0.39, 0.29) is 18.3 Å². The fourth-order valence-electron chi connectivity index (χ4n) is 2.89. The number of halogens is 1. The molecule has 0 fully saturated rings. The number of fused-ring (bicyclic) bond motifs is 1. The molecule has 2 aromatic heterocycles. The van der Waals surface area contributed by atoms with Gasteiger partial charge in [0.25, 0.3) is 5.91 Å². The zero-order valence-corrected chi connectivity index (χ0v) is 14.0. The molecule has 0 unspecified atom stereocenters. The van der Waals surface area contributed by atoms with Gasteiger partial charge in [0, 0.05) is 24.3 Å². The molecule has 0 spiro atoms. The molecule has 0 aliphatic rings. The monoisotopic (exact) mass is 349 g/mol. The molecule has 4 rings (SSSR count). The number of carbonyl (C=O) groups is 1. The van der Waals surface area contributed by atoms with Crippen molar-refractivity contribution in [2.24, 2.45) is 0 Å². The summed E-state index contributed by atoms with van der Waals surface area (Å²) in [5.74, 6) is 0.0239. The van der Waals surface area contributed by atoms with Gasteiger partial charge in [0.15, 0.2) is 5.69 Å². The predicted molar refractivity (Wildman–Crippen MR) is 95.5 cm³/mol. The molecule has 0 aliphatic carbocycles. The van der Waals surface area contributed by atoms with Crippen LogP contribution >= 0.6 is 0 Å². The lowest BCUT2D eigenvalue weighted by molar-refractivity contribution is 0.0947. The number of para-hydroxylation sites is 1. The second-order valence-corrected chi connectivity index (χ2v) is 5.93. The van der Waals surface area contributed by atoms with Crippen LogP contribution in [-0.2, 0) is 6.54 Å². The summed E-state index contributed by atoms with van der Waals surface area (Å²) in [6.45, 7) is 2.02. The molecule has 130 valence electrons. The zero-order chi connectivity index (χ0) is 18.1. The normalized spacial score (nSPS) is 11.0. The highest BCUT2D eigenvalue weighted by Gasteiger charge is 2.14. The largest absolute Gasteiger partial charge is 0.347 e. The van der Waals surface area contributed by atoms with Gasteiger partial charge >= 0.3 is 0 Å². The van der Waals surface area contributed by atoms with Crippen molar-refractivity contribution in [3.63, 3.8) is 0 Å². The smallest absolute Gasteiger partial charge is 0.272 e. The number of hydrogen-bond acceptors (Lipinski definition) is 3. The fourth-order valence-corrected chi connectivity index (χ4v) is 2.89. The first-order valence-corrected chi connectivity index (χ1v) is 8.13. The van der Waals surface area contributed by atoms with Crippen LogP contribution in [0.25, 0.3) is 16.6 Å². The Balaban J connectivity index is 1.50. The van der Waals surface area contributed by atoms with E-state index in [4.69, 9.17) is 0 Å². The fraction of sp³-hybridized carbons (Fsp3) is 0.105. The molecule has 2 N–H and O–H groups in total. The molecule has 1 amide bonds. The van der Waals surface area contributed by atoms with E-state index >= 15 is 0 Å². The summed E-state index contributed by atoms with van der Waals surface area (Å²) >= 11 is 0. The first kappa shape index (κ1) is 16.0. The topological polar surface area (TPSA) is 75.6 Å². The number of benzene rings is 2. The van der Waals surface area contributed by atoms with Crippen molar-refractivity contribution in [2.75, 3.05) is 0 Å². The van der Waals surface area contributed by atoms with Crippen molar-refractivity contribution in [2.45, 2.75) is 13.5 Å². The predicted octanol–water partition coefficient (Wildman–Crippen LogP) is 3.13. The van der Waals surface area contributed by atoms with Gasteiger partial charge in [0.1, 0.15) is 11.6 Å². The minimum absolute atomic E-state index is 0.208. The minimum atomic E-state index is -0.372. The van der Waals surface area contributed by atoms with Crippen LogP contribution in [0.4, 0.5) is 4.39 Å². The lowest BCUT2D eigenvalue weighted by Crippen LogP contribution is -2.23. The molecule has 0 radical (unpaired) electrons. The summed E-state index contributed by atoms with van der Waals surface area (Å²) in [5, 5.41) is 10.4. The molecule has 2 heterocycles. The van der Waals surface area contributed by atoms with E-state index in [9.17, 15) is 9.18 Å². The first-order chi connectivity index (χ1) is 12.6. The number of nitrogens with zero attached hydrogens (tertiary/aromatic N) is 3. The number of aryl methyl sites for hydroxylation is 1. The van der Waals surface area contributed by atoms with Crippen LogP contribution in [0.5, 0.6) is 0 Å². The number of amides is 1. The summed E-state index contributed by atoms with van der Waals surface area (Å²) in [7, 11) is 0. The van der Waals surface area contributed by atoms with Crippen molar-refractivity contribution in [1.29, 1.82) is 0 Å². The van der Waals surface area contributed by atoms with Crippen molar-refractivity contribution in [3.05, 3.63) is 77.8 Å². The maximum Gasteiger partial charge on any atom is 0.272 e. The van der Waals surface area contributed by atoms with Crippen LogP contribution < -0.4 is 5.32 Å². The van der Waals surface area contributed by atoms with Crippen LogP contribution in [-0.4, -0.2) is 25.7 Å². The number of aromatic nitrogens is 4. The second kappa shape index (κ2) is 6.44. The average Bonchev–Trinajstić information content (AvgIpc) is 3.26. The van der Waals surface area contributed by atoms with Crippen LogP contribution in [0.3, 0.4) is 0 Å². The van der Waals surface area contributed by atoms with E-state index in [0.717, 1.165) is 10.9 Å². The van der Waals surface area contributed by atoms with E-state index in [2.05, 4.69) is 20.5 Å². The Morgan fingerprint density at radius 3 is 2.88 bits per heavy atom. The SMILES string of the molecule is Cc1nccn1-c1ccc(CNC(=O)c2n[nH]c3ccccc23)cc1F. The molecule has 4 aromatic rings. The van der Waals surface area contributed by atoms with Crippen LogP contribution in [0.1, 0.15) is 21.9 Å². The van der Waals surface area contributed by atoms with Crippen molar-refractivity contribution < 1.29 is 9.18 Å². The molecule has 2 aromatic carbocycles. The van der Waals surface area contributed by atoms with Crippen molar-refractivity contribution in [3.8, 4) is 5.69 Å². The van der Waals surface area contributed by atoms with E-state index in [0.29, 0.717) is 22.8 Å². The van der Waals surface area contributed by atoms with E-state index < -0.39 is 0 Å². The van der Waals surface area contributed by atoms with Gasteiger partial charge in [-0.2, -0.15) is 5.10 Å². The first-order valence-electron chi connectivity index (χ1n) is 8.13. The number of hydrogen-bond donors (Lipinski definition) is 2. The Bertz CT molecular complexity index is 1100. The average molecular weight is 349 g/mol. The van der Waals surface area contributed by atoms with Crippen molar-refractivity contribution >= 4 is 16.8 Å². The minimum Gasteiger partial charge on any atom is -0.347 e. The molecular weight excluding hydrogens is 333 g/mol. The number of nitrogens with one attached hydrogen (secondary N) is 2. The third-order valence-corrected chi connectivity index (χ3v) is 4.24. The molecule has 0 aliphatic heterocycles. The number of H-pyrrole nitrogens is 1. The zero-order valence-electron chi connectivity index (χ0n) is 14.0. The van der Waals surface area contributed by atoms with Crippen LogP contribution in [0.2, 0.25) is 0 Å². The maximum absolute atomic E-state index is 14.4. The number of carbonyl (C=O) groups excluding carboxylic acids is 1. The molecular formula is C19H16FN5O. The van der Waals surface area contributed by atoms with Gasteiger partial charge in [0.2, 0.25) is 0 Å². The second-order valence-electron chi connectivity index (χ2n) is 5.93. The lowest BCUT2D eigenvalue weighted by Gasteiger charge is -2.09. The van der Waals surface area contributed by atoms with E-state index in [1.165, 1.54) is 6.07 Å². The molecule has 0 bridgehead atoms. The number of imidazole rings is 1. The summed E-state index contributed by atoms with van der Waals surface area (Å²) in [4.78, 5) is 16.5. The molecule has 0 saturated carbocycles. The van der Waals surface area contributed by atoms with Gasteiger partial charge in [-0.3, -0.25) is 9.89 Å². The Hall–Kier alpha value is -3.48. The Morgan fingerprint density at radius 1 is 1.27 bits per heavy atom. The highest BCUT2D eigenvalue weighted by Crippen LogP contribution is 2.18.